The van der Waals surface area contributed by atoms with Crippen LogP contribution >= 0.6 is 15.9 Å². The van der Waals surface area contributed by atoms with E-state index in [-0.39, 0.29) is 20.4 Å². The SMILES string of the molecule is CBr.CCCCOc1cccc2c(C)[n-]c(NC)c12.[Pd]. The van der Waals surface area contributed by atoms with Crippen LogP contribution in [-0.2, 0) is 20.4 Å². The molecule has 0 unspecified atom stereocenters. The Hall–Kier alpha value is -0.498. The van der Waals surface area contributed by atoms with Gasteiger partial charge in [-0.3, -0.25) is 0 Å². The van der Waals surface area contributed by atoms with E-state index in [9.17, 15) is 0 Å². The Morgan fingerprint density at radius 3 is 2.60 bits per heavy atom. The van der Waals surface area contributed by atoms with Gasteiger partial charge in [-0.15, -0.1) is 0 Å². The number of aryl methyl sites for hydroxylation is 1. The number of nitrogens with one attached hydrogen (secondary N) is 1. The molecular formula is C15H22BrN2OPd-. The maximum Gasteiger partial charge on any atom is 0.126 e. The largest absolute Gasteiger partial charge is 0.493 e. The first-order valence-corrected chi connectivity index (χ1v) is 8.11. The Kier molecular flexibility index (Phi) is 10.0. The van der Waals surface area contributed by atoms with E-state index in [0.717, 1.165) is 42.1 Å². The fourth-order valence-electron chi connectivity index (χ4n) is 1.99. The van der Waals surface area contributed by atoms with Crippen molar-refractivity contribution in [2.24, 2.45) is 0 Å². The van der Waals surface area contributed by atoms with E-state index < -0.39 is 0 Å². The fourth-order valence-corrected chi connectivity index (χ4v) is 1.99. The fraction of sp³-hybridized carbons (Fsp3) is 0.467. The number of unbranched alkanes of at least 4 members (excludes halogenated alkanes) is 1. The predicted octanol–water partition coefficient (Wildman–Crippen LogP) is 4.33. The monoisotopic (exact) mass is 431 g/mol. The predicted molar refractivity (Wildman–Crippen MR) is 86.8 cm³/mol. The average Bonchev–Trinajstić information content (AvgIpc) is 2.79. The Balaban J connectivity index is 0.00000115. The van der Waals surface area contributed by atoms with E-state index in [1.807, 2.05) is 31.9 Å². The molecule has 0 radical (unpaired) electrons. The number of halogens is 1. The van der Waals surface area contributed by atoms with Gasteiger partial charge < -0.3 is 15.0 Å². The van der Waals surface area contributed by atoms with Crippen molar-refractivity contribution in [2.75, 3.05) is 24.8 Å². The van der Waals surface area contributed by atoms with Crippen LogP contribution < -0.4 is 15.0 Å². The first-order chi connectivity index (χ1) is 9.27. The molecule has 5 heteroatoms. The molecule has 0 aliphatic carbocycles. The van der Waals surface area contributed by atoms with Gasteiger partial charge in [0.15, 0.2) is 0 Å². The van der Waals surface area contributed by atoms with Gasteiger partial charge in [-0.1, -0.05) is 60.0 Å². The van der Waals surface area contributed by atoms with Crippen LogP contribution in [0.1, 0.15) is 25.5 Å². The number of alkyl halides is 1. The summed E-state index contributed by atoms with van der Waals surface area (Å²) in [6.07, 6.45) is 2.23. The Morgan fingerprint density at radius 1 is 1.30 bits per heavy atom. The van der Waals surface area contributed by atoms with Crippen LogP contribution in [0.25, 0.3) is 10.8 Å². The van der Waals surface area contributed by atoms with Gasteiger partial charge in [0.25, 0.3) is 0 Å². The number of hydrogen-bond donors (Lipinski definition) is 1. The summed E-state index contributed by atoms with van der Waals surface area (Å²) in [6, 6.07) is 6.13. The molecule has 3 nitrogen and oxygen atoms in total. The summed E-state index contributed by atoms with van der Waals surface area (Å²) < 4.78 is 5.84. The van der Waals surface area contributed by atoms with Crippen molar-refractivity contribution < 1.29 is 25.2 Å². The summed E-state index contributed by atoms with van der Waals surface area (Å²) in [7, 11) is 1.89. The number of hydrogen-bond acceptors (Lipinski definition) is 2. The second kappa shape index (κ2) is 10.3. The number of rotatable bonds is 5. The van der Waals surface area contributed by atoms with E-state index in [2.05, 4.69) is 39.2 Å². The number of nitrogens with zero attached hydrogens (tertiary/aromatic N) is 1. The van der Waals surface area contributed by atoms with E-state index in [1.54, 1.807) is 0 Å². The van der Waals surface area contributed by atoms with Gasteiger partial charge in [0.05, 0.1) is 6.61 Å². The number of ether oxygens (including phenoxy) is 1. The molecule has 0 aliphatic rings. The summed E-state index contributed by atoms with van der Waals surface area (Å²) >= 11 is 2.94. The second-order valence-corrected chi connectivity index (χ2v) is 4.18. The number of aromatic nitrogens is 1. The molecule has 1 N–H and O–H groups in total. The van der Waals surface area contributed by atoms with Crippen molar-refractivity contribution in [3.63, 3.8) is 0 Å². The normalized spacial score (nSPS) is 9.45. The summed E-state index contributed by atoms with van der Waals surface area (Å²) in [4.78, 5) is 4.51. The van der Waals surface area contributed by atoms with Crippen molar-refractivity contribution in [3.05, 3.63) is 23.9 Å². The molecule has 0 spiro atoms. The zero-order valence-corrected chi connectivity index (χ0v) is 15.5. The van der Waals surface area contributed by atoms with Crippen molar-refractivity contribution in [2.45, 2.75) is 26.7 Å². The maximum atomic E-state index is 5.84. The molecule has 0 bridgehead atoms. The third-order valence-corrected chi connectivity index (χ3v) is 2.92. The van der Waals surface area contributed by atoms with E-state index in [4.69, 9.17) is 4.74 Å². The molecule has 1 aromatic heterocycles. The molecule has 0 aliphatic heterocycles. The molecule has 0 saturated heterocycles. The van der Waals surface area contributed by atoms with E-state index >= 15 is 0 Å². The number of benzene rings is 1. The molecule has 2 aromatic rings. The standard InChI is InChI=1S/C14H19N2O.CH3Br.Pd/c1-4-5-9-17-12-8-6-7-11-10(2)16-14(15-3)13(11)12;1-2;/h6-8,15H,4-5,9H2,1-3H3;1H3;/q-1;;. The Labute approximate surface area is 143 Å². The Morgan fingerprint density at radius 2 is 2.00 bits per heavy atom. The van der Waals surface area contributed by atoms with Gasteiger partial charge in [0.2, 0.25) is 0 Å². The molecule has 0 amide bonds. The minimum atomic E-state index is 0. The number of anilines is 1. The summed E-state index contributed by atoms with van der Waals surface area (Å²) in [5.41, 5.74) is 1.05. The first-order valence-electron chi connectivity index (χ1n) is 6.52. The maximum absolute atomic E-state index is 5.84. The average molecular weight is 433 g/mol. The third kappa shape index (κ3) is 4.51. The van der Waals surface area contributed by atoms with Crippen LogP contribution in [-0.4, -0.2) is 19.5 Å². The van der Waals surface area contributed by atoms with Gasteiger partial charge >= 0.3 is 0 Å². The van der Waals surface area contributed by atoms with Crippen LogP contribution in [0.5, 0.6) is 5.75 Å². The molecule has 116 valence electrons. The summed E-state index contributed by atoms with van der Waals surface area (Å²) in [5.74, 6) is 3.65. The minimum Gasteiger partial charge on any atom is -0.493 e. The van der Waals surface area contributed by atoms with Crippen LogP contribution in [0.15, 0.2) is 18.2 Å². The Bertz CT molecular complexity index is 514. The summed E-state index contributed by atoms with van der Waals surface area (Å²) in [5, 5.41) is 5.40. The molecule has 0 fully saturated rings. The zero-order valence-electron chi connectivity index (χ0n) is 12.4. The molecule has 1 aromatic carbocycles. The van der Waals surface area contributed by atoms with Gasteiger partial charge in [0.1, 0.15) is 5.75 Å². The van der Waals surface area contributed by atoms with Crippen LogP contribution in [0.2, 0.25) is 0 Å². The summed E-state index contributed by atoms with van der Waals surface area (Å²) in [6.45, 7) is 4.96. The quantitative estimate of drug-likeness (QED) is 0.434. The zero-order chi connectivity index (χ0) is 14.3. The number of fused-ring (bicyclic) bond motifs is 1. The minimum absolute atomic E-state index is 0. The van der Waals surface area contributed by atoms with Crippen molar-refractivity contribution in [3.8, 4) is 5.75 Å². The van der Waals surface area contributed by atoms with Crippen molar-refractivity contribution >= 4 is 32.5 Å². The molecule has 2 rings (SSSR count). The van der Waals surface area contributed by atoms with E-state index in [0.29, 0.717) is 0 Å². The smallest absolute Gasteiger partial charge is 0.126 e. The third-order valence-electron chi connectivity index (χ3n) is 2.92. The molecule has 0 saturated carbocycles. The van der Waals surface area contributed by atoms with Crippen LogP contribution in [0.4, 0.5) is 5.82 Å². The van der Waals surface area contributed by atoms with Crippen molar-refractivity contribution in [1.82, 2.24) is 4.98 Å². The first kappa shape index (κ1) is 19.5. The topological polar surface area (TPSA) is 35.4 Å². The van der Waals surface area contributed by atoms with Gasteiger partial charge in [-0.2, -0.15) is 0 Å². The van der Waals surface area contributed by atoms with E-state index in [1.165, 1.54) is 5.39 Å². The van der Waals surface area contributed by atoms with Gasteiger partial charge in [0, 0.05) is 25.8 Å². The van der Waals surface area contributed by atoms with Gasteiger partial charge in [-0.25, -0.2) is 0 Å². The van der Waals surface area contributed by atoms with Crippen LogP contribution in [0.3, 0.4) is 0 Å². The van der Waals surface area contributed by atoms with Crippen molar-refractivity contribution in [1.29, 1.82) is 0 Å². The molecule has 1 heterocycles. The molecular weight excluding hydrogens is 411 g/mol. The second-order valence-electron chi connectivity index (χ2n) is 4.18. The van der Waals surface area contributed by atoms with Gasteiger partial charge in [-0.05, 0) is 30.6 Å². The molecule has 20 heavy (non-hydrogen) atoms. The van der Waals surface area contributed by atoms with Crippen LogP contribution in [0, 0.1) is 6.92 Å². The molecule has 0 atom stereocenters.